The van der Waals surface area contributed by atoms with Gasteiger partial charge in [0.2, 0.25) is 0 Å². The number of hydrogen-bond acceptors (Lipinski definition) is 2. The monoisotopic (exact) mass is 260 g/mol. The van der Waals surface area contributed by atoms with Crippen LogP contribution in [0.3, 0.4) is 0 Å². The van der Waals surface area contributed by atoms with Crippen LogP contribution in [0.5, 0.6) is 0 Å². The first-order chi connectivity index (χ1) is 9.06. The second kappa shape index (κ2) is 7.93. The number of allylic oxidation sites excluding steroid dienone is 1. The highest BCUT2D eigenvalue weighted by Crippen LogP contribution is 2.18. The van der Waals surface area contributed by atoms with Gasteiger partial charge in [-0.3, -0.25) is 0 Å². The molecule has 19 heavy (non-hydrogen) atoms. The van der Waals surface area contributed by atoms with Crippen LogP contribution in [0, 0.1) is 11.8 Å². The Morgan fingerprint density at radius 1 is 1.16 bits per heavy atom. The molecular weight excluding hydrogens is 236 g/mol. The van der Waals surface area contributed by atoms with Gasteiger partial charge in [-0.2, -0.15) is 0 Å². The van der Waals surface area contributed by atoms with E-state index in [9.17, 15) is 10.2 Å². The smallest absolute Gasteiger partial charge is 0.0768 e. The van der Waals surface area contributed by atoms with Crippen LogP contribution in [-0.4, -0.2) is 22.4 Å². The summed E-state index contributed by atoms with van der Waals surface area (Å²) in [5, 5.41) is 19.8. The van der Waals surface area contributed by atoms with Crippen molar-refractivity contribution >= 4 is 0 Å². The Hall–Kier alpha value is -1.38. The van der Waals surface area contributed by atoms with Gasteiger partial charge in [0.15, 0.2) is 0 Å². The van der Waals surface area contributed by atoms with Crippen LogP contribution in [-0.2, 0) is 6.42 Å². The van der Waals surface area contributed by atoms with Crippen molar-refractivity contribution in [2.24, 2.45) is 11.8 Å². The molecule has 2 nitrogen and oxygen atoms in total. The van der Waals surface area contributed by atoms with E-state index in [2.05, 4.69) is 24.8 Å². The molecule has 0 aliphatic heterocycles. The maximum absolute atomic E-state index is 10.1. The van der Waals surface area contributed by atoms with E-state index in [1.54, 1.807) is 0 Å². The standard InChI is InChI=1S/C17H24O2/c1-4-16(18)14(3)17(19)13(2)9-8-12-15-10-6-5-7-11-15/h4-11,13-14,16-19H,1,12H2,2-3H3/b9-8+/t13-,14+,16-,17-/m0/s1. The summed E-state index contributed by atoms with van der Waals surface area (Å²) in [5.41, 5.74) is 1.25. The van der Waals surface area contributed by atoms with Crippen molar-refractivity contribution < 1.29 is 10.2 Å². The lowest BCUT2D eigenvalue weighted by atomic mass is 9.89. The van der Waals surface area contributed by atoms with Crippen LogP contribution < -0.4 is 0 Å². The molecule has 0 heterocycles. The van der Waals surface area contributed by atoms with Gasteiger partial charge in [-0.25, -0.2) is 0 Å². The summed E-state index contributed by atoms with van der Waals surface area (Å²) in [5.74, 6) is -0.206. The van der Waals surface area contributed by atoms with Gasteiger partial charge in [-0.1, -0.05) is 62.4 Å². The molecule has 0 spiro atoms. The van der Waals surface area contributed by atoms with E-state index < -0.39 is 12.2 Å². The third-order valence-electron chi connectivity index (χ3n) is 3.49. The van der Waals surface area contributed by atoms with Gasteiger partial charge in [-0.05, 0) is 12.0 Å². The summed E-state index contributed by atoms with van der Waals surface area (Å²) < 4.78 is 0. The molecule has 0 unspecified atom stereocenters. The Labute approximate surface area is 116 Å². The molecule has 0 aliphatic carbocycles. The summed E-state index contributed by atoms with van der Waals surface area (Å²) in [7, 11) is 0. The second-order valence-corrected chi connectivity index (χ2v) is 5.05. The van der Waals surface area contributed by atoms with E-state index in [0.717, 1.165) is 6.42 Å². The fourth-order valence-corrected chi connectivity index (χ4v) is 2.04. The van der Waals surface area contributed by atoms with Crippen molar-refractivity contribution in [3.63, 3.8) is 0 Å². The highest BCUT2D eigenvalue weighted by atomic mass is 16.3. The van der Waals surface area contributed by atoms with Crippen LogP contribution in [0.1, 0.15) is 19.4 Å². The predicted molar refractivity (Wildman–Crippen MR) is 79.8 cm³/mol. The highest BCUT2D eigenvalue weighted by molar-refractivity contribution is 5.17. The third kappa shape index (κ3) is 5.01. The van der Waals surface area contributed by atoms with E-state index >= 15 is 0 Å². The Morgan fingerprint density at radius 2 is 1.79 bits per heavy atom. The molecule has 2 heteroatoms. The van der Waals surface area contributed by atoms with E-state index in [1.807, 2.05) is 38.1 Å². The molecule has 104 valence electrons. The van der Waals surface area contributed by atoms with Crippen LogP contribution in [0.15, 0.2) is 55.1 Å². The van der Waals surface area contributed by atoms with Gasteiger partial charge in [0.25, 0.3) is 0 Å². The van der Waals surface area contributed by atoms with Crippen molar-refractivity contribution in [3.8, 4) is 0 Å². The zero-order valence-electron chi connectivity index (χ0n) is 11.7. The molecule has 0 saturated carbocycles. The maximum Gasteiger partial charge on any atom is 0.0768 e. The molecule has 0 saturated heterocycles. The first kappa shape index (κ1) is 15.7. The van der Waals surface area contributed by atoms with Crippen molar-refractivity contribution in [2.75, 3.05) is 0 Å². The third-order valence-corrected chi connectivity index (χ3v) is 3.49. The highest BCUT2D eigenvalue weighted by Gasteiger charge is 2.23. The van der Waals surface area contributed by atoms with E-state index in [-0.39, 0.29) is 11.8 Å². The molecule has 0 bridgehead atoms. The normalized spacial score (nSPS) is 17.9. The van der Waals surface area contributed by atoms with E-state index in [1.165, 1.54) is 11.6 Å². The van der Waals surface area contributed by atoms with Crippen LogP contribution >= 0.6 is 0 Å². The Morgan fingerprint density at radius 3 is 2.37 bits per heavy atom. The lowest BCUT2D eigenvalue weighted by molar-refractivity contribution is 0.0241. The molecule has 2 N–H and O–H groups in total. The molecule has 0 amide bonds. The first-order valence-corrected chi connectivity index (χ1v) is 6.75. The van der Waals surface area contributed by atoms with Crippen molar-refractivity contribution in [2.45, 2.75) is 32.5 Å². The number of hydrogen-bond donors (Lipinski definition) is 2. The topological polar surface area (TPSA) is 40.5 Å². The number of aliphatic hydroxyl groups excluding tert-OH is 2. The largest absolute Gasteiger partial charge is 0.392 e. The Kier molecular flexibility index (Phi) is 6.54. The van der Waals surface area contributed by atoms with Crippen molar-refractivity contribution in [3.05, 3.63) is 60.7 Å². The summed E-state index contributed by atoms with van der Waals surface area (Å²) in [6, 6.07) is 10.2. The van der Waals surface area contributed by atoms with Crippen molar-refractivity contribution in [1.82, 2.24) is 0 Å². The van der Waals surface area contributed by atoms with Crippen molar-refractivity contribution in [1.29, 1.82) is 0 Å². The van der Waals surface area contributed by atoms with Gasteiger partial charge < -0.3 is 10.2 Å². The predicted octanol–water partition coefficient (Wildman–Crippen LogP) is 2.97. The molecule has 0 radical (unpaired) electrons. The average molecular weight is 260 g/mol. The van der Waals surface area contributed by atoms with Crippen LogP contribution in [0.2, 0.25) is 0 Å². The van der Waals surface area contributed by atoms with Gasteiger partial charge in [0.1, 0.15) is 0 Å². The molecule has 0 aromatic heterocycles. The van der Waals surface area contributed by atoms with Crippen LogP contribution in [0.25, 0.3) is 0 Å². The SMILES string of the molecule is C=C[C@H](O)[C@@H](C)[C@@H](O)[C@@H](C)/C=C/Cc1ccccc1. The van der Waals surface area contributed by atoms with Gasteiger partial charge in [-0.15, -0.1) is 6.58 Å². The first-order valence-electron chi connectivity index (χ1n) is 6.75. The Bertz CT molecular complexity index is 397. The summed E-state index contributed by atoms with van der Waals surface area (Å²) in [6.07, 6.45) is 5.16. The number of aliphatic hydroxyl groups is 2. The molecule has 1 aromatic carbocycles. The Balaban J connectivity index is 2.49. The van der Waals surface area contributed by atoms with Gasteiger partial charge in [0, 0.05) is 11.8 Å². The molecule has 0 aliphatic rings. The minimum absolute atomic E-state index is 0.00770. The average Bonchev–Trinajstić information content (AvgIpc) is 2.45. The number of rotatable bonds is 7. The van der Waals surface area contributed by atoms with Gasteiger partial charge >= 0.3 is 0 Å². The second-order valence-electron chi connectivity index (χ2n) is 5.05. The molecule has 0 fully saturated rings. The van der Waals surface area contributed by atoms with E-state index in [4.69, 9.17) is 0 Å². The lowest BCUT2D eigenvalue weighted by Gasteiger charge is -2.25. The minimum atomic E-state index is -0.667. The molecule has 1 rings (SSSR count). The maximum atomic E-state index is 10.1. The summed E-state index contributed by atoms with van der Waals surface area (Å²) in [6.45, 7) is 7.33. The fraction of sp³-hybridized carbons (Fsp3) is 0.412. The molecule has 4 atom stereocenters. The van der Waals surface area contributed by atoms with Crippen LogP contribution in [0.4, 0.5) is 0 Å². The van der Waals surface area contributed by atoms with Gasteiger partial charge in [0.05, 0.1) is 12.2 Å². The lowest BCUT2D eigenvalue weighted by Crippen LogP contribution is -2.32. The zero-order valence-corrected chi connectivity index (χ0v) is 11.7. The summed E-state index contributed by atoms with van der Waals surface area (Å²) >= 11 is 0. The minimum Gasteiger partial charge on any atom is -0.392 e. The van der Waals surface area contributed by atoms with E-state index in [0.29, 0.717) is 0 Å². The summed E-state index contributed by atoms with van der Waals surface area (Å²) in [4.78, 5) is 0. The fourth-order valence-electron chi connectivity index (χ4n) is 2.04. The molecule has 1 aromatic rings. The quantitative estimate of drug-likeness (QED) is 0.740. The number of benzene rings is 1. The zero-order chi connectivity index (χ0) is 14.3. The molecular formula is C17H24O2.